The molecule has 1 fully saturated rings. The summed E-state index contributed by atoms with van der Waals surface area (Å²) in [6.45, 7) is 2.46. The highest BCUT2D eigenvalue weighted by atomic mass is 16.2. The van der Waals surface area contributed by atoms with E-state index in [9.17, 15) is 14.4 Å². The second-order valence-corrected chi connectivity index (χ2v) is 5.83. The number of carbonyl (C=O) groups is 3. The average molecular weight is 357 g/mol. The maximum absolute atomic E-state index is 12.7. The molecule has 2 aromatic heterocycles. The van der Waals surface area contributed by atoms with E-state index in [1.54, 1.807) is 13.0 Å². The molecule has 1 saturated heterocycles. The first-order valence-electron chi connectivity index (χ1n) is 8.25. The van der Waals surface area contributed by atoms with Gasteiger partial charge in [-0.25, -0.2) is 4.98 Å². The Kier molecular flexibility index (Phi) is 5.20. The highest BCUT2D eigenvalue weighted by Gasteiger charge is 2.40. The van der Waals surface area contributed by atoms with Crippen molar-refractivity contribution in [3.63, 3.8) is 0 Å². The first-order valence-corrected chi connectivity index (χ1v) is 8.25. The Bertz CT molecular complexity index is 778. The molecule has 26 heavy (non-hydrogen) atoms. The summed E-state index contributed by atoms with van der Waals surface area (Å²) in [6.07, 6.45) is 6.04. The van der Waals surface area contributed by atoms with Crippen molar-refractivity contribution in [1.29, 1.82) is 0 Å². The predicted octanol–water partition coefficient (Wildman–Crippen LogP) is -0.651. The molecule has 0 spiro atoms. The predicted molar refractivity (Wildman–Crippen MR) is 90.0 cm³/mol. The molecule has 1 aliphatic rings. The monoisotopic (exact) mass is 357 g/mol. The van der Waals surface area contributed by atoms with Gasteiger partial charge in [0, 0.05) is 37.7 Å². The third kappa shape index (κ3) is 3.68. The van der Waals surface area contributed by atoms with E-state index in [1.807, 2.05) is 0 Å². The van der Waals surface area contributed by atoms with Crippen molar-refractivity contribution >= 4 is 17.7 Å². The van der Waals surface area contributed by atoms with Gasteiger partial charge in [0.25, 0.3) is 11.8 Å². The molecule has 0 aliphatic carbocycles. The minimum atomic E-state index is -0.684. The molecule has 136 valence electrons. The summed E-state index contributed by atoms with van der Waals surface area (Å²) in [7, 11) is 0. The van der Waals surface area contributed by atoms with Gasteiger partial charge in [0.05, 0.1) is 6.20 Å². The molecule has 0 aromatic carbocycles. The third-order valence-corrected chi connectivity index (χ3v) is 4.08. The summed E-state index contributed by atoms with van der Waals surface area (Å²) >= 11 is 0. The number of amides is 3. The normalized spacial score (nSPS) is 19.2. The van der Waals surface area contributed by atoms with E-state index < -0.39 is 11.9 Å². The topological polar surface area (TPSA) is 133 Å². The zero-order valence-corrected chi connectivity index (χ0v) is 14.2. The molecular weight excluding hydrogens is 338 g/mol. The van der Waals surface area contributed by atoms with Crippen molar-refractivity contribution in [2.24, 2.45) is 0 Å². The van der Waals surface area contributed by atoms with E-state index in [-0.39, 0.29) is 30.1 Å². The van der Waals surface area contributed by atoms with Gasteiger partial charge in [-0.1, -0.05) is 0 Å². The number of H-pyrrole nitrogens is 1. The lowest BCUT2D eigenvalue weighted by atomic mass is 10.1. The van der Waals surface area contributed by atoms with Crippen molar-refractivity contribution in [3.8, 4) is 0 Å². The maximum atomic E-state index is 12.7. The van der Waals surface area contributed by atoms with Gasteiger partial charge in [-0.2, -0.15) is 5.10 Å². The van der Waals surface area contributed by atoms with E-state index in [4.69, 9.17) is 0 Å². The zero-order valence-electron chi connectivity index (χ0n) is 14.2. The lowest BCUT2D eigenvalue weighted by Crippen LogP contribution is -2.46. The number of rotatable bonds is 5. The molecule has 3 rings (SSSR count). The molecule has 2 aromatic rings. The number of nitrogens with one attached hydrogen (secondary N) is 3. The standard InChI is InChI=1S/C16H19N7O3/c1-2-18-15(25)13-7-10(21-14(24)11-3-4-20-22-11)9-23(13)16(26)12-8-17-5-6-19-12/h3-6,8,10,13H,2,7,9H2,1H3,(H,18,25)(H,20,22)(H,21,24)/t10-,13+/m1/s1. The Morgan fingerprint density at radius 3 is 2.81 bits per heavy atom. The molecular formula is C16H19N7O3. The fourth-order valence-corrected chi connectivity index (χ4v) is 2.91. The van der Waals surface area contributed by atoms with Crippen LogP contribution in [0, 0.1) is 0 Å². The summed E-state index contributed by atoms with van der Waals surface area (Å²) in [5.74, 6) is -0.994. The van der Waals surface area contributed by atoms with E-state index in [1.165, 1.54) is 29.7 Å². The highest BCUT2D eigenvalue weighted by Crippen LogP contribution is 2.20. The molecule has 3 amide bonds. The van der Waals surface area contributed by atoms with Crippen LogP contribution >= 0.6 is 0 Å². The fraction of sp³-hybridized carbons (Fsp3) is 0.375. The molecule has 1 aliphatic heterocycles. The van der Waals surface area contributed by atoms with Gasteiger partial charge < -0.3 is 15.5 Å². The molecule has 0 saturated carbocycles. The van der Waals surface area contributed by atoms with Crippen LogP contribution in [0.2, 0.25) is 0 Å². The largest absolute Gasteiger partial charge is 0.355 e. The van der Waals surface area contributed by atoms with Crippen molar-refractivity contribution in [2.45, 2.75) is 25.4 Å². The van der Waals surface area contributed by atoms with Crippen molar-refractivity contribution in [1.82, 2.24) is 35.7 Å². The van der Waals surface area contributed by atoms with Crippen LogP contribution in [-0.4, -0.2) is 68.0 Å². The quantitative estimate of drug-likeness (QED) is 0.651. The highest BCUT2D eigenvalue weighted by molar-refractivity contribution is 5.97. The summed E-state index contributed by atoms with van der Waals surface area (Å²) in [4.78, 5) is 46.6. The SMILES string of the molecule is CCNC(=O)[C@@H]1C[C@@H](NC(=O)c2ccn[nH]2)CN1C(=O)c1cnccn1. The van der Waals surface area contributed by atoms with Gasteiger partial charge in [-0.05, 0) is 19.4 Å². The lowest BCUT2D eigenvalue weighted by Gasteiger charge is -2.23. The first kappa shape index (κ1) is 17.5. The Balaban J connectivity index is 1.76. The van der Waals surface area contributed by atoms with E-state index in [0.717, 1.165) is 0 Å². The van der Waals surface area contributed by atoms with Gasteiger partial charge in [0.15, 0.2) is 0 Å². The van der Waals surface area contributed by atoms with Crippen LogP contribution in [0.4, 0.5) is 0 Å². The van der Waals surface area contributed by atoms with Gasteiger partial charge in [-0.3, -0.25) is 24.5 Å². The van der Waals surface area contributed by atoms with Crippen LogP contribution < -0.4 is 10.6 Å². The van der Waals surface area contributed by atoms with Crippen LogP contribution in [0.1, 0.15) is 34.3 Å². The Morgan fingerprint density at radius 1 is 1.31 bits per heavy atom. The second-order valence-electron chi connectivity index (χ2n) is 5.83. The number of carbonyl (C=O) groups excluding carboxylic acids is 3. The molecule has 10 nitrogen and oxygen atoms in total. The van der Waals surface area contributed by atoms with Crippen LogP contribution in [0.3, 0.4) is 0 Å². The lowest BCUT2D eigenvalue weighted by molar-refractivity contribution is -0.124. The van der Waals surface area contributed by atoms with Crippen LogP contribution in [0.15, 0.2) is 30.9 Å². The summed E-state index contributed by atoms with van der Waals surface area (Å²) < 4.78 is 0. The maximum Gasteiger partial charge on any atom is 0.274 e. The van der Waals surface area contributed by atoms with Crippen LogP contribution in [0.5, 0.6) is 0 Å². The number of hydrogen-bond acceptors (Lipinski definition) is 6. The smallest absolute Gasteiger partial charge is 0.274 e. The summed E-state index contributed by atoms with van der Waals surface area (Å²) in [5, 5.41) is 11.9. The average Bonchev–Trinajstić information content (AvgIpc) is 3.32. The van der Waals surface area contributed by atoms with Crippen molar-refractivity contribution in [3.05, 3.63) is 42.2 Å². The number of aromatic nitrogens is 4. The Morgan fingerprint density at radius 2 is 2.15 bits per heavy atom. The van der Waals surface area contributed by atoms with E-state index >= 15 is 0 Å². The molecule has 10 heteroatoms. The number of nitrogens with zero attached hydrogens (tertiary/aromatic N) is 4. The van der Waals surface area contributed by atoms with Gasteiger partial charge >= 0.3 is 0 Å². The van der Waals surface area contributed by atoms with Gasteiger partial charge in [0.2, 0.25) is 5.91 Å². The van der Waals surface area contributed by atoms with E-state index in [2.05, 4.69) is 30.8 Å². The van der Waals surface area contributed by atoms with Gasteiger partial charge in [0.1, 0.15) is 17.4 Å². The molecule has 0 unspecified atom stereocenters. The summed E-state index contributed by atoms with van der Waals surface area (Å²) in [5.41, 5.74) is 0.473. The molecule has 3 heterocycles. The first-order chi connectivity index (χ1) is 12.6. The second kappa shape index (κ2) is 7.72. The Hall–Kier alpha value is -3.30. The van der Waals surface area contributed by atoms with Crippen molar-refractivity contribution in [2.75, 3.05) is 13.1 Å². The minimum Gasteiger partial charge on any atom is -0.355 e. The number of likely N-dealkylation sites (tertiary alicyclic amines) is 1. The van der Waals surface area contributed by atoms with Crippen LogP contribution in [0.25, 0.3) is 0 Å². The number of likely N-dealkylation sites (N-methyl/N-ethyl adjacent to an activating group) is 1. The molecule has 0 radical (unpaired) electrons. The van der Waals surface area contributed by atoms with E-state index in [0.29, 0.717) is 18.7 Å². The van der Waals surface area contributed by atoms with Gasteiger partial charge in [-0.15, -0.1) is 0 Å². The van der Waals surface area contributed by atoms with Crippen LogP contribution in [-0.2, 0) is 4.79 Å². The summed E-state index contributed by atoms with van der Waals surface area (Å²) in [6, 6.07) is 0.504. The number of hydrogen-bond donors (Lipinski definition) is 3. The Labute approximate surface area is 149 Å². The zero-order chi connectivity index (χ0) is 18.5. The minimum absolute atomic E-state index is 0.155. The third-order valence-electron chi connectivity index (χ3n) is 4.08. The fourth-order valence-electron chi connectivity index (χ4n) is 2.91. The molecule has 0 bridgehead atoms. The molecule has 3 N–H and O–H groups in total. The molecule has 2 atom stereocenters. The van der Waals surface area contributed by atoms with Crippen molar-refractivity contribution < 1.29 is 14.4 Å². The number of aromatic amines is 1.